The van der Waals surface area contributed by atoms with Gasteiger partial charge in [-0.1, -0.05) is 6.92 Å². The van der Waals surface area contributed by atoms with Crippen LogP contribution in [-0.4, -0.2) is 25.7 Å². The molecule has 1 fully saturated rings. The third kappa shape index (κ3) is 4.27. The van der Waals surface area contributed by atoms with Crippen molar-refractivity contribution >= 4 is 5.91 Å². The van der Waals surface area contributed by atoms with Crippen LogP contribution in [0.25, 0.3) is 0 Å². The van der Waals surface area contributed by atoms with E-state index in [1.165, 1.54) is 0 Å². The Kier molecular flexibility index (Phi) is 4.83. The largest absolute Gasteiger partial charge is 0.381 e. The standard InChI is InChI=1S/C10H19NO2/c1-2-3-10(12)11-6-4-9-5-7-13-8-9/h9H,2-8H2,1H3,(H,11,12). The molecule has 0 aliphatic carbocycles. The first kappa shape index (κ1) is 10.5. The van der Waals surface area contributed by atoms with E-state index in [4.69, 9.17) is 4.74 Å². The molecule has 1 N–H and O–H groups in total. The van der Waals surface area contributed by atoms with Gasteiger partial charge in [0.15, 0.2) is 0 Å². The van der Waals surface area contributed by atoms with Crippen LogP contribution in [0.2, 0.25) is 0 Å². The summed E-state index contributed by atoms with van der Waals surface area (Å²) in [6, 6.07) is 0. The van der Waals surface area contributed by atoms with Crippen molar-refractivity contribution in [1.29, 1.82) is 0 Å². The molecule has 0 bridgehead atoms. The van der Waals surface area contributed by atoms with Gasteiger partial charge in [0.05, 0.1) is 0 Å². The molecule has 1 aliphatic rings. The second-order valence-electron chi connectivity index (χ2n) is 3.62. The van der Waals surface area contributed by atoms with Gasteiger partial charge in [0.25, 0.3) is 0 Å². The zero-order valence-corrected chi connectivity index (χ0v) is 8.34. The summed E-state index contributed by atoms with van der Waals surface area (Å²) < 4.78 is 5.25. The number of amides is 1. The lowest BCUT2D eigenvalue weighted by atomic mass is 10.1. The Morgan fingerprint density at radius 1 is 1.62 bits per heavy atom. The number of hydrogen-bond acceptors (Lipinski definition) is 2. The maximum atomic E-state index is 11.1. The molecule has 1 unspecified atom stereocenters. The zero-order chi connectivity index (χ0) is 9.52. The van der Waals surface area contributed by atoms with Gasteiger partial charge in [-0.15, -0.1) is 0 Å². The van der Waals surface area contributed by atoms with E-state index in [0.717, 1.165) is 39.0 Å². The highest BCUT2D eigenvalue weighted by molar-refractivity contribution is 5.75. The predicted molar refractivity (Wildman–Crippen MR) is 51.5 cm³/mol. The third-order valence-electron chi connectivity index (χ3n) is 2.38. The molecule has 1 rings (SSSR count). The Bertz CT molecular complexity index is 153. The number of carbonyl (C=O) groups excluding carboxylic acids is 1. The lowest BCUT2D eigenvalue weighted by Crippen LogP contribution is -2.25. The summed E-state index contributed by atoms with van der Waals surface area (Å²) in [7, 11) is 0. The highest BCUT2D eigenvalue weighted by Crippen LogP contribution is 2.15. The maximum Gasteiger partial charge on any atom is 0.219 e. The zero-order valence-electron chi connectivity index (χ0n) is 8.34. The molecule has 76 valence electrons. The first-order valence-corrected chi connectivity index (χ1v) is 5.17. The first-order chi connectivity index (χ1) is 6.33. The van der Waals surface area contributed by atoms with Crippen molar-refractivity contribution in [2.45, 2.75) is 32.6 Å². The molecule has 0 aromatic rings. The molecule has 1 amide bonds. The minimum atomic E-state index is 0.182. The van der Waals surface area contributed by atoms with E-state index in [1.807, 2.05) is 6.92 Å². The second-order valence-corrected chi connectivity index (χ2v) is 3.62. The fourth-order valence-electron chi connectivity index (χ4n) is 1.54. The van der Waals surface area contributed by atoms with E-state index in [1.54, 1.807) is 0 Å². The van der Waals surface area contributed by atoms with E-state index < -0.39 is 0 Å². The van der Waals surface area contributed by atoms with Gasteiger partial charge in [0.2, 0.25) is 5.91 Å². The van der Waals surface area contributed by atoms with Gasteiger partial charge in [-0.3, -0.25) is 4.79 Å². The fourth-order valence-corrected chi connectivity index (χ4v) is 1.54. The lowest BCUT2D eigenvalue weighted by molar-refractivity contribution is -0.121. The van der Waals surface area contributed by atoms with Gasteiger partial charge in [-0.2, -0.15) is 0 Å². The number of hydrogen-bond donors (Lipinski definition) is 1. The van der Waals surface area contributed by atoms with Crippen LogP contribution in [0.5, 0.6) is 0 Å². The van der Waals surface area contributed by atoms with Crippen LogP contribution in [0.15, 0.2) is 0 Å². The van der Waals surface area contributed by atoms with Gasteiger partial charge >= 0.3 is 0 Å². The molecule has 0 aromatic carbocycles. The molecule has 3 nitrogen and oxygen atoms in total. The van der Waals surface area contributed by atoms with Crippen LogP contribution in [0.3, 0.4) is 0 Å². The summed E-state index contributed by atoms with van der Waals surface area (Å²) in [5.41, 5.74) is 0. The quantitative estimate of drug-likeness (QED) is 0.701. The summed E-state index contributed by atoms with van der Waals surface area (Å²) in [4.78, 5) is 11.1. The second kappa shape index (κ2) is 5.97. The number of carbonyl (C=O) groups is 1. The van der Waals surface area contributed by atoms with Crippen molar-refractivity contribution in [3.8, 4) is 0 Å². The Balaban J connectivity index is 1.96. The normalized spacial score (nSPS) is 21.8. The predicted octanol–water partition coefficient (Wildman–Crippen LogP) is 1.33. The molecule has 1 aliphatic heterocycles. The van der Waals surface area contributed by atoms with Crippen LogP contribution in [0.1, 0.15) is 32.6 Å². The van der Waals surface area contributed by atoms with Crippen LogP contribution in [-0.2, 0) is 9.53 Å². The highest BCUT2D eigenvalue weighted by Gasteiger charge is 2.14. The van der Waals surface area contributed by atoms with E-state index in [0.29, 0.717) is 12.3 Å². The summed E-state index contributed by atoms with van der Waals surface area (Å²) in [6.45, 7) is 4.61. The smallest absolute Gasteiger partial charge is 0.219 e. The van der Waals surface area contributed by atoms with Crippen LogP contribution >= 0.6 is 0 Å². The van der Waals surface area contributed by atoms with Gasteiger partial charge in [0, 0.05) is 26.2 Å². The van der Waals surface area contributed by atoms with Gasteiger partial charge in [0.1, 0.15) is 0 Å². The van der Waals surface area contributed by atoms with Crippen molar-refractivity contribution in [1.82, 2.24) is 5.32 Å². The Labute approximate surface area is 79.8 Å². The molecule has 0 radical (unpaired) electrons. The Morgan fingerprint density at radius 3 is 3.08 bits per heavy atom. The van der Waals surface area contributed by atoms with Gasteiger partial charge in [-0.05, 0) is 25.2 Å². The molecule has 0 saturated carbocycles. The highest BCUT2D eigenvalue weighted by atomic mass is 16.5. The van der Waals surface area contributed by atoms with Crippen molar-refractivity contribution in [3.63, 3.8) is 0 Å². The third-order valence-corrected chi connectivity index (χ3v) is 2.38. The molecular formula is C10H19NO2. The molecule has 0 spiro atoms. The van der Waals surface area contributed by atoms with Gasteiger partial charge < -0.3 is 10.1 Å². The van der Waals surface area contributed by atoms with Crippen molar-refractivity contribution in [3.05, 3.63) is 0 Å². The lowest BCUT2D eigenvalue weighted by Gasteiger charge is -2.07. The molecular weight excluding hydrogens is 166 g/mol. The summed E-state index contributed by atoms with van der Waals surface area (Å²) >= 11 is 0. The van der Waals surface area contributed by atoms with E-state index in [-0.39, 0.29) is 5.91 Å². The van der Waals surface area contributed by atoms with Crippen molar-refractivity contribution in [2.24, 2.45) is 5.92 Å². The number of ether oxygens (including phenoxy) is 1. The van der Waals surface area contributed by atoms with Crippen molar-refractivity contribution in [2.75, 3.05) is 19.8 Å². The maximum absolute atomic E-state index is 11.1. The average molecular weight is 185 g/mol. The minimum Gasteiger partial charge on any atom is -0.381 e. The molecule has 1 atom stereocenters. The van der Waals surface area contributed by atoms with E-state index >= 15 is 0 Å². The Hall–Kier alpha value is -0.570. The average Bonchev–Trinajstić information content (AvgIpc) is 2.57. The Morgan fingerprint density at radius 2 is 2.46 bits per heavy atom. The molecule has 13 heavy (non-hydrogen) atoms. The number of rotatable bonds is 5. The summed E-state index contributed by atoms with van der Waals surface area (Å²) in [6.07, 6.45) is 3.80. The van der Waals surface area contributed by atoms with Crippen LogP contribution < -0.4 is 5.32 Å². The summed E-state index contributed by atoms with van der Waals surface area (Å²) in [5, 5.41) is 2.92. The molecule has 1 saturated heterocycles. The monoisotopic (exact) mass is 185 g/mol. The molecule has 1 heterocycles. The van der Waals surface area contributed by atoms with E-state index in [2.05, 4.69) is 5.32 Å². The minimum absolute atomic E-state index is 0.182. The van der Waals surface area contributed by atoms with Crippen LogP contribution in [0.4, 0.5) is 0 Å². The van der Waals surface area contributed by atoms with Crippen LogP contribution in [0, 0.1) is 5.92 Å². The SMILES string of the molecule is CCCC(=O)NCCC1CCOC1. The fraction of sp³-hybridized carbons (Fsp3) is 0.900. The van der Waals surface area contributed by atoms with Gasteiger partial charge in [-0.25, -0.2) is 0 Å². The number of nitrogens with one attached hydrogen (secondary N) is 1. The topological polar surface area (TPSA) is 38.3 Å². The van der Waals surface area contributed by atoms with E-state index in [9.17, 15) is 4.79 Å². The summed E-state index contributed by atoms with van der Waals surface area (Å²) in [5.74, 6) is 0.850. The molecule has 3 heteroatoms. The first-order valence-electron chi connectivity index (χ1n) is 5.17. The molecule has 0 aromatic heterocycles. The van der Waals surface area contributed by atoms with Crippen molar-refractivity contribution < 1.29 is 9.53 Å².